The Morgan fingerprint density at radius 3 is 2.74 bits per heavy atom. The van der Waals surface area contributed by atoms with E-state index >= 15 is 0 Å². The molecule has 1 atom stereocenters. The number of primary amides is 1. The summed E-state index contributed by atoms with van der Waals surface area (Å²) < 4.78 is 5.85. The second kappa shape index (κ2) is 8.30. The monoisotopic (exact) mass is 388 g/mol. The number of aryl methyl sites for hydroxylation is 1. The second-order valence-corrected chi connectivity index (χ2v) is 7.44. The maximum atomic E-state index is 11.9. The van der Waals surface area contributed by atoms with Crippen LogP contribution in [0, 0.1) is 0 Å². The number of carbonyl (C=O) groups is 1. The van der Waals surface area contributed by atoms with Crippen molar-refractivity contribution in [3.63, 3.8) is 0 Å². The molecule has 2 aromatic rings. The number of rotatable bonds is 5. The van der Waals surface area contributed by atoms with Crippen molar-refractivity contribution < 1.29 is 14.6 Å². The zero-order valence-corrected chi connectivity index (χ0v) is 16.2. The van der Waals surface area contributed by atoms with Crippen molar-refractivity contribution in [2.75, 3.05) is 26.7 Å². The summed E-state index contributed by atoms with van der Waals surface area (Å²) >= 11 is 6.50. The molecule has 0 fully saturated rings. The van der Waals surface area contributed by atoms with Crippen molar-refractivity contribution in [1.29, 1.82) is 0 Å². The third-order valence-electron chi connectivity index (χ3n) is 5.08. The molecular weight excluding hydrogens is 364 g/mol. The zero-order valence-electron chi connectivity index (χ0n) is 15.5. The summed E-state index contributed by atoms with van der Waals surface area (Å²) in [5, 5.41) is 9.87. The van der Waals surface area contributed by atoms with E-state index in [0.29, 0.717) is 24.4 Å². The molecule has 3 N–H and O–H groups in total. The van der Waals surface area contributed by atoms with E-state index in [2.05, 4.69) is 4.90 Å². The summed E-state index contributed by atoms with van der Waals surface area (Å²) in [5.41, 5.74) is 8.26. The molecule has 1 heterocycles. The summed E-state index contributed by atoms with van der Waals surface area (Å²) in [5.74, 6) is 0. The van der Waals surface area contributed by atoms with E-state index in [1.54, 1.807) is 0 Å². The van der Waals surface area contributed by atoms with Crippen molar-refractivity contribution >= 4 is 17.7 Å². The summed E-state index contributed by atoms with van der Waals surface area (Å²) in [6.07, 6.45) is 1.25. The van der Waals surface area contributed by atoms with Crippen LogP contribution in [0.5, 0.6) is 0 Å². The fourth-order valence-corrected chi connectivity index (χ4v) is 4.11. The molecule has 2 aromatic carbocycles. The highest BCUT2D eigenvalue weighted by Crippen LogP contribution is 2.40. The smallest absolute Gasteiger partial charge is 0.405 e. The number of nitrogens with zero attached hydrogens (tertiary/aromatic N) is 1. The Morgan fingerprint density at radius 1 is 1.33 bits per heavy atom. The minimum absolute atomic E-state index is 0.0950. The average Bonchev–Trinajstić information content (AvgIpc) is 2.77. The minimum Gasteiger partial charge on any atom is -0.432 e. The van der Waals surface area contributed by atoms with Gasteiger partial charge >= 0.3 is 6.09 Å². The number of fused-ring (bicyclic) bond motifs is 1. The molecule has 0 aromatic heterocycles. The Hall–Kier alpha value is -2.08. The molecule has 144 valence electrons. The molecule has 0 radical (unpaired) electrons. The Bertz CT molecular complexity index is 813. The molecule has 1 amide bonds. The first-order chi connectivity index (χ1) is 13.0. The number of halogens is 1. The molecule has 0 unspecified atom stereocenters. The van der Waals surface area contributed by atoms with Crippen LogP contribution >= 0.6 is 11.6 Å². The first-order valence-electron chi connectivity index (χ1n) is 9.11. The van der Waals surface area contributed by atoms with E-state index in [4.69, 9.17) is 22.1 Å². The van der Waals surface area contributed by atoms with E-state index in [0.717, 1.165) is 35.2 Å². The number of hydrogen-bond donors (Lipinski definition) is 2. The SMILES string of the molecule is CN1CCc2cc(Cl)c(CCCO)cc2[C@@](OC(N)=O)(c2ccccc2)C1. The van der Waals surface area contributed by atoms with Gasteiger partial charge in [0.15, 0.2) is 5.60 Å². The van der Waals surface area contributed by atoms with Gasteiger partial charge in [0.2, 0.25) is 0 Å². The van der Waals surface area contributed by atoms with Crippen LogP contribution < -0.4 is 5.73 Å². The van der Waals surface area contributed by atoms with Crippen molar-refractivity contribution in [3.8, 4) is 0 Å². The van der Waals surface area contributed by atoms with E-state index in [9.17, 15) is 9.90 Å². The number of aliphatic hydroxyl groups excluding tert-OH is 1. The third-order valence-corrected chi connectivity index (χ3v) is 5.43. The predicted molar refractivity (Wildman–Crippen MR) is 106 cm³/mol. The number of aliphatic hydroxyl groups is 1. The standard InChI is InChI=1S/C21H25ClN2O3/c1-24-10-9-15-13-19(22)16(6-5-11-25)12-18(15)21(14-24,27-20(23)26)17-7-3-2-4-8-17/h2-4,7-8,12-13,25H,5-6,9-11,14H2,1H3,(H2,23,26)/t21-/m0/s1. The molecule has 0 bridgehead atoms. The summed E-state index contributed by atoms with van der Waals surface area (Å²) in [7, 11) is 2.00. The molecular formula is C21H25ClN2O3. The van der Waals surface area contributed by atoms with Gasteiger partial charge in [-0.3, -0.25) is 0 Å². The van der Waals surface area contributed by atoms with Crippen LogP contribution in [0.3, 0.4) is 0 Å². The normalized spacial score (nSPS) is 20.0. The van der Waals surface area contributed by atoms with E-state index in [1.165, 1.54) is 0 Å². The lowest BCUT2D eigenvalue weighted by molar-refractivity contribution is 0.0244. The van der Waals surface area contributed by atoms with Crippen LogP contribution in [0.2, 0.25) is 5.02 Å². The first-order valence-corrected chi connectivity index (χ1v) is 9.49. The largest absolute Gasteiger partial charge is 0.432 e. The molecule has 5 nitrogen and oxygen atoms in total. The number of ether oxygens (including phenoxy) is 1. The van der Waals surface area contributed by atoms with Crippen LogP contribution in [0.1, 0.15) is 28.7 Å². The molecule has 27 heavy (non-hydrogen) atoms. The highest BCUT2D eigenvalue weighted by molar-refractivity contribution is 6.31. The molecule has 0 saturated carbocycles. The van der Waals surface area contributed by atoms with Crippen LogP contribution in [-0.4, -0.2) is 42.8 Å². The lowest BCUT2D eigenvalue weighted by Crippen LogP contribution is -2.44. The molecule has 1 aliphatic heterocycles. The fraction of sp³-hybridized carbons (Fsp3) is 0.381. The van der Waals surface area contributed by atoms with Gasteiger partial charge in [-0.15, -0.1) is 0 Å². The highest BCUT2D eigenvalue weighted by atomic mass is 35.5. The molecule has 6 heteroatoms. The molecule has 0 spiro atoms. The van der Waals surface area contributed by atoms with Crippen molar-refractivity contribution in [3.05, 3.63) is 69.7 Å². The molecule has 0 saturated heterocycles. The van der Waals surface area contributed by atoms with Gasteiger partial charge in [-0.05, 0) is 49.6 Å². The van der Waals surface area contributed by atoms with Gasteiger partial charge in [-0.25, -0.2) is 4.79 Å². The van der Waals surface area contributed by atoms with E-state index in [-0.39, 0.29) is 6.61 Å². The van der Waals surface area contributed by atoms with Crippen molar-refractivity contribution in [1.82, 2.24) is 4.90 Å². The van der Waals surface area contributed by atoms with E-state index < -0.39 is 11.7 Å². The van der Waals surface area contributed by atoms with Crippen molar-refractivity contribution in [2.24, 2.45) is 5.73 Å². The van der Waals surface area contributed by atoms with Gasteiger partial charge in [0.25, 0.3) is 0 Å². The Balaban J connectivity index is 2.24. The Kier molecular flexibility index (Phi) is 6.05. The van der Waals surface area contributed by atoms with Gasteiger partial charge in [-0.1, -0.05) is 41.9 Å². The van der Waals surface area contributed by atoms with Gasteiger partial charge in [0.1, 0.15) is 0 Å². The Morgan fingerprint density at radius 2 is 2.07 bits per heavy atom. The minimum atomic E-state index is -1.01. The predicted octanol–water partition coefficient (Wildman–Crippen LogP) is 3.09. The lowest BCUT2D eigenvalue weighted by Gasteiger charge is -2.36. The number of hydrogen-bond acceptors (Lipinski definition) is 4. The Labute approximate surface area is 164 Å². The number of benzene rings is 2. The van der Waals surface area contributed by atoms with Crippen molar-refractivity contribution in [2.45, 2.75) is 24.9 Å². The van der Waals surface area contributed by atoms with Crippen LogP contribution in [0.15, 0.2) is 42.5 Å². The lowest BCUT2D eigenvalue weighted by atomic mass is 9.82. The molecule has 1 aliphatic rings. The fourth-order valence-electron chi connectivity index (χ4n) is 3.83. The molecule has 0 aliphatic carbocycles. The van der Waals surface area contributed by atoms with Gasteiger partial charge in [-0.2, -0.15) is 0 Å². The summed E-state index contributed by atoms with van der Waals surface area (Å²) in [6.45, 7) is 1.40. The van der Waals surface area contributed by atoms with Gasteiger partial charge in [0, 0.05) is 35.8 Å². The van der Waals surface area contributed by atoms with Crippen LogP contribution in [0.25, 0.3) is 0 Å². The quantitative estimate of drug-likeness (QED) is 0.825. The van der Waals surface area contributed by atoms with Crippen LogP contribution in [-0.2, 0) is 23.2 Å². The number of carbonyl (C=O) groups excluding carboxylic acids is 1. The summed E-state index contributed by atoms with van der Waals surface area (Å²) in [4.78, 5) is 14.1. The third kappa shape index (κ3) is 4.10. The maximum Gasteiger partial charge on any atom is 0.405 e. The first kappa shape index (κ1) is 19.7. The maximum absolute atomic E-state index is 11.9. The number of nitrogens with two attached hydrogens (primary N) is 1. The van der Waals surface area contributed by atoms with Crippen LogP contribution in [0.4, 0.5) is 4.79 Å². The van der Waals surface area contributed by atoms with Gasteiger partial charge in [0.05, 0.1) is 0 Å². The number of amides is 1. The second-order valence-electron chi connectivity index (χ2n) is 7.03. The molecule has 3 rings (SSSR count). The number of likely N-dealkylation sites (N-methyl/N-ethyl adjacent to an activating group) is 1. The van der Waals surface area contributed by atoms with Gasteiger partial charge < -0.3 is 20.5 Å². The highest BCUT2D eigenvalue weighted by Gasteiger charge is 2.42. The zero-order chi connectivity index (χ0) is 19.4. The van der Waals surface area contributed by atoms with E-state index in [1.807, 2.05) is 49.5 Å². The summed E-state index contributed by atoms with van der Waals surface area (Å²) in [6, 6.07) is 13.7. The average molecular weight is 389 g/mol. The topological polar surface area (TPSA) is 75.8 Å².